The Bertz CT molecular complexity index is 455. The van der Waals surface area contributed by atoms with Gasteiger partial charge in [0.1, 0.15) is 11.4 Å². The maximum Gasteiger partial charge on any atom is 0.139 e. The molecule has 4 heteroatoms. The minimum absolute atomic E-state index is 0.543. The largest absolute Gasteiger partial charge is 0.464 e. The van der Waals surface area contributed by atoms with E-state index in [1.165, 1.54) is 0 Å². The zero-order valence-corrected chi connectivity index (χ0v) is 10.00. The summed E-state index contributed by atoms with van der Waals surface area (Å²) in [5, 5.41) is 4.36. The van der Waals surface area contributed by atoms with Gasteiger partial charge in [-0.1, -0.05) is 6.92 Å². The fourth-order valence-electron chi connectivity index (χ4n) is 1.59. The molecule has 0 amide bonds. The summed E-state index contributed by atoms with van der Waals surface area (Å²) >= 11 is 5.70. The Balaban J connectivity index is 2.06. The van der Waals surface area contributed by atoms with Gasteiger partial charge in [0.25, 0.3) is 0 Å². The molecule has 16 heavy (non-hydrogen) atoms. The Morgan fingerprint density at radius 1 is 1.50 bits per heavy atom. The van der Waals surface area contributed by atoms with Gasteiger partial charge in [0, 0.05) is 18.6 Å². The van der Waals surface area contributed by atoms with E-state index in [1.807, 2.05) is 12.1 Å². The summed E-state index contributed by atoms with van der Waals surface area (Å²) < 4.78 is 5.31. The van der Waals surface area contributed by atoms with Crippen LogP contribution in [0.15, 0.2) is 29.0 Å². The summed E-state index contributed by atoms with van der Waals surface area (Å²) in [6.45, 7) is 3.05. The van der Waals surface area contributed by atoms with Crippen molar-refractivity contribution < 1.29 is 4.42 Å². The van der Waals surface area contributed by atoms with Crippen molar-refractivity contribution in [3.05, 3.63) is 24.6 Å². The first kappa shape index (κ1) is 11.3. The van der Waals surface area contributed by atoms with Crippen LogP contribution in [-0.2, 0) is 0 Å². The standard InChI is InChI=1S/C12H15ClN2O/c1-9(2-5-13)8-15-12-10-4-7-16-11(10)3-6-14-12/h3-4,6-7,9H,2,5,8H2,1H3,(H,14,15). The summed E-state index contributed by atoms with van der Waals surface area (Å²) in [7, 11) is 0. The van der Waals surface area contributed by atoms with Crippen molar-refractivity contribution in [2.75, 3.05) is 17.7 Å². The smallest absolute Gasteiger partial charge is 0.139 e. The van der Waals surface area contributed by atoms with E-state index in [0.717, 1.165) is 29.8 Å². The van der Waals surface area contributed by atoms with Crippen LogP contribution in [0.25, 0.3) is 11.0 Å². The van der Waals surface area contributed by atoms with Crippen LogP contribution in [0.3, 0.4) is 0 Å². The van der Waals surface area contributed by atoms with Gasteiger partial charge in [-0.15, -0.1) is 11.6 Å². The average Bonchev–Trinajstić information content (AvgIpc) is 2.75. The minimum Gasteiger partial charge on any atom is -0.464 e. The minimum atomic E-state index is 0.543. The van der Waals surface area contributed by atoms with E-state index in [4.69, 9.17) is 16.0 Å². The number of nitrogens with one attached hydrogen (secondary N) is 1. The van der Waals surface area contributed by atoms with Crippen LogP contribution >= 0.6 is 11.6 Å². The van der Waals surface area contributed by atoms with E-state index in [1.54, 1.807) is 12.5 Å². The van der Waals surface area contributed by atoms with Crippen LogP contribution in [-0.4, -0.2) is 17.4 Å². The molecule has 2 rings (SSSR count). The summed E-state index contributed by atoms with van der Waals surface area (Å²) in [4.78, 5) is 4.31. The number of anilines is 1. The molecule has 1 atom stereocenters. The van der Waals surface area contributed by atoms with Gasteiger partial charge in [0.2, 0.25) is 0 Å². The van der Waals surface area contributed by atoms with Crippen LogP contribution in [0.1, 0.15) is 13.3 Å². The molecule has 2 aromatic rings. The highest BCUT2D eigenvalue weighted by Gasteiger charge is 2.06. The van der Waals surface area contributed by atoms with Crippen LogP contribution in [0.2, 0.25) is 0 Å². The van der Waals surface area contributed by atoms with Crippen molar-refractivity contribution in [3.63, 3.8) is 0 Å². The van der Waals surface area contributed by atoms with Gasteiger partial charge in [-0.25, -0.2) is 4.98 Å². The van der Waals surface area contributed by atoms with Crippen LogP contribution in [0.5, 0.6) is 0 Å². The first-order valence-electron chi connectivity index (χ1n) is 5.43. The summed E-state index contributed by atoms with van der Waals surface area (Å²) in [5.74, 6) is 2.13. The quantitative estimate of drug-likeness (QED) is 0.811. The lowest BCUT2D eigenvalue weighted by atomic mass is 10.1. The highest BCUT2D eigenvalue weighted by Crippen LogP contribution is 2.21. The lowest BCUT2D eigenvalue weighted by Gasteiger charge is -2.11. The molecule has 0 saturated carbocycles. The number of nitrogens with zero attached hydrogens (tertiary/aromatic N) is 1. The SMILES string of the molecule is CC(CCCl)CNc1nccc2occc12. The van der Waals surface area contributed by atoms with E-state index in [0.29, 0.717) is 11.8 Å². The molecule has 0 fully saturated rings. The predicted octanol–water partition coefficient (Wildman–Crippen LogP) is 3.50. The Morgan fingerprint density at radius 3 is 3.19 bits per heavy atom. The van der Waals surface area contributed by atoms with Gasteiger partial charge in [-0.3, -0.25) is 0 Å². The third-order valence-electron chi connectivity index (χ3n) is 2.60. The number of pyridine rings is 1. The second-order valence-electron chi connectivity index (χ2n) is 3.96. The average molecular weight is 239 g/mol. The van der Waals surface area contributed by atoms with Crippen molar-refractivity contribution in [1.82, 2.24) is 4.98 Å². The number of fused-ring (bicyclic) bond motifs is 1. The number of furan rings is 1. The van der Waals surface area contributed by atoms with Crippen molar-refractivity contribution >= 4 is 28.4 Å². The third kappa shape index (κ3) is 2.47. The molecule has 1 unspecified atom stereocenters. The maximum atomic E-state index is 5.70. The van der Waals surface area contributed by atoms with Gasteiger partial charge in [0.05, 0.1) is 11.6 Å². The molecule has 2 aromatic heterocycles. The zero-order chi connectivity index (χ0) is 11.4. The second kappa shape index (κ2) is 5.21. The lowest BCUT2D eigenvalue weighted by molar-refractivity contribution is 0.596. The van der Waals surface area contributed by atoms with Crippen molar-refractivity contribution in [2.24, 2.45) is 5.92 Å². The highest BCUT2D eigenvalue weighted by atomic mass is 35.5. The van der Waals surface area contributed by atoms with Crippen molar-refractivity contribution in [3.8, 4) is 0 Å². The molecule has 0 spiro atoms. The number of aromatic nitrogens is 1. The monoisotopic (exact) mass is 238 g/mol. The molecule has 3 nitrogen and oxygen atoms in total. The molecule has 0 aliphatic rings. The Labute approximate surface area is 99.8 Å². The van der Waals surface area contributed by atoms with Gasteiger partial charge in [0.15, 0.2) is 0 Å². The molecule has 1 N–H and O–H groups in total. The fourth-order valence-corrected chi connectivity index (χ4v) is 1.97. The van der Waals surface area contributed by atoms with Crippen molar-refractivity contribution in [1.29, 1.82) is 0 Å². The predicted molar refractivity (Wildman–Crippen MR) is 67.0 cm³/mol. The molecule has 0 bridgehead atoms. The molecule has 0 radical (unpaired) electrons. The number of alkyl halides is 1. The lowest BCUT2D eigenvalue weighted by Crippen LogP contribution is -2.12. The van der Waals surface area contributed by atoms with Crippen LogP contribution in [0.4, 0.5) is 5.82 Å². The number of halogens is 1. The van der Waals surface area contributed by atoms with Crippen molar-refractivity contribution in [2.45, 2.75) is 13.3 Å². The summed E-state index contributed by atoms with van der Waals surface area (Å²) in [5.41, 5.74) is 0.863. The summed E-state index contributed by atoms with van der Waals surface area (Å²) in [6.07, 6.45) is 4.44. The molecular formula is C12H15ClN2O. The van der Waals surface area contributed by atoms with Crippen LogP contribution < -0.4 is 5.32 Å². The molecule has 0 aliphatic heterocycles. The van der Waals surface area contributed by atoms with Crippen LogP contribution in [0, 0.1) is 5.92 Å². The van der Waals surface area contributed by atoms with Gasteiger partial charge >= 0.3 is 0 Å². The summed E-state index contributed by atoms with van der Waals surface area (Å²) in [6, 6.07) is 3.79. The number of rotatable bonds is 5. The normalized spacial score (nSPS) is 12.9. The van der Waals surface area contributed by atoms with E-state index >= 15 is 0 Å². The molecule has 2 heterocycles. The maximum absolute atomic E-state index is 5.70. The number of hydrogen-bond acceptors (Lipinski definition) is 3. The first-order valence-corrected chi connectivity index (χ1v) is 5.96. The number of hydrogen-bond donors (Lipinski definition) is 1. The topological polar surface area (TPSA) is 38.1 Å². The molecular weight excluding hydrogens is 224 g/mol. The molecule has 86 valence electrons. The zero-order valence-electron chi connectivity index (χ0n) is 9.24. The first-order chi connectivity index (χ1) is 7.81. The van der Waals surface area contributed by atoms with Gasteiger partial charge < -0.3 is 9.73 Å². The van der Waals surface area contributed by atoms with E-state index in [2.05, 4.69) is 17.2 Å². The van der Waals surface area contributed by atoms with E-state index < -0.39 is 0 Å². The molecule has 0 aliphatic carbocycles. The van der Waals surface area contributed by atoms with E-state index in [9.17, 15) is 0 Å². The van der Waals surface area contributed by atoms with Gasteiger partial charge in [-0.05, 0) is 24.5 Å². The Kier molecular flexibility index (Phi) is 3.67. The molecule has 0 aromatic carbocycles. The Morgan fingerprint density at radius 2 is 2.38 bits per heavy atom. The molecule has 0 saturated heterocycles. The third-order valence-corrected chi connectivity index (χ3v) is 2.82. The second-order valence-corrected chi connectivity index (χ2v) is 4.33. The Hall–Kier alpha value is -1.22. The highest BCUT2D eigenvalue weighted by molar-refractivity contribution is 6.17. The van der Waals surface area contributed by atoms with E-state index in [-0.39, 0.29) is 0 Å². The van der Waals surface area contributed by atoms with Gasteiger partial charge in [-0.2, -0.15) is 0 Å². The fraction of sp³-hybridized carbons (Fsp3) is 0.417.